The van der Waals surface area contributed by atoms with Gasteiger partial charge in [0.25, 0.3) is 0 Å². The van der Waals surface area contributed by atoms with Crippen LogP contribution in [-0.2, 0) is 0 Å². The third-order valence-corrected chi connectivity index (χ3v) is 3.85. The van der Waals surface area contributed by atoms with Crippen molar-refractivity contribution < 1.29 is 9.50 Å². The fourth-order valence-electron chi connectivity index (χ4n) is 2.42. The molecule has 2 rings (SSSR count). The summed E-state index contributed by atoms with van der Waals surface area (Å²) in [5.41, 5.74) is 7.80. The van der Waals surface area contributed by atoms with E-state index in [-0.39, 0.29) is 17.1 Å². The van der Waals surface area contributed by atoms with Gasteiger partial charge in [-0.3, -0.25) is 0 Å². The van der Waals surface area contributed by atoms with E-state index in [0.29, 0.717) is 0 Å². The molecule has 20 heavy (non-hydrogen) atoms. The highest BCUT2D eigenvalue weighted by molar-refractivity contribution is 6.31. The van der Waals surface area contributed by atoms with Crippen LogP contribution < -0.4 is 5.73 Å². The molecule has 0 bridgehead atoms. The van der Waals surface area contributed by atoms with Crippen molar-refractivity contribution in [2.24, 2.45) is 5.73 Å². The molecule has 0 saturated heterocycles. The van der Waals surface area contributed by atoms with Crippen LogP contribution in [0.1, 0.15) is 28.7 Å². The summed E-state index contributed by atoms with van der Waals surface area (Å²) in [6, 6.07) is 12.0. The first kappa shape index (κ1) is 15.0. The van der Waals surface area contributed by atoms with Crippen molar-refractivity contribution in [3.05, 3.63) is 70.0 Å². The van der Waals surface area contributed by atoms with Gasteiger partial charge in [-0.2, -0.15) is 0 Å². The second-order valence-electron chi connectivity index (χ2n) is 4.78. The van der Waals surface area contributed by atoms with Crippen LogP contribution in [0.3, 0.4) is 0 Å². The number of aliphatic hydroxyl groups is 1. The molecule has 0 fully saturated rings. The summed E-state index contributed by atoms with van der Waals surface area (Å²) in [6.07, 6.45) is -1.07. The predicted molar refractivity (Wildman–Crippen MR) is 79.3 cm³/mol. The topological polar surface area (TPSA) is 46.2 Å². The normalized spacial score (nSPS) is 14.1. The maximum absolute atomic E-state index is 13.9. The molecule has 0 aliphatic heterocycles. The third-order valence-electron chi connectivity index (χ3n) is 3.52. The molecule has 0 saturated carbocycles. The zero-order valence-corrected chi connectivity index (χ0v) is 11.9. The average Bonchev–Trinajstić information content (AvgIpc) is 2.41. The first-order chi connectivity index (χ1) is 9.56. The average molecular weight is 294 g/mol. The maximum Gasteiger partial charge on any atom is 0.130 e. The van der Waals surface area contributed by atoms with E-state index in [1.807, 2.05) is 31.2 Å². The molecule has 0 radical (unpaired) electrons. The summed E-state index contributed by atoms with van der Waals surface area (Å²) in [4.78, 5) is 0. The van der Waals surface area contributed by atoms with Crippen molar-refractivity contribution in [1.29, 1.82) is 0 Å². The SMILES string of the molecule is Cc1ccccc1C(CN)C(O)c1c(F)cccc1Cl. The van der Waals surface area contributed by atoms with Gasteiger partial charge < -0.3 is 10.8 Å². The van der Waals surface area contributed by atoms with Gasteiger partial charge >= 0.3 is 0 Å². The Hall–Kier alpha value is -1.42. The van der Waals surface area contributed by atoms with Crippen LogP contribution in [0.2, 0.25) is 5.02 Å². The number of benzene rings is 2. The first-order valence-electron chi connectivity index (χ1n) is 6.43. The molecule has 0 aliphatic rings. The summed E-state index contributed by atoms with van der Waals surface area (Å²) < 4.78 is 13.9. The van der Waals surface area contributed by atoms with E-state index in [2.05, 4.69) is 0 Å². The van der Waals surface area contributed by atoms with E-state index >= 15 is 0 Å². The largest absolute Gasteiger partial charge is 0.388 e. The predicted octanol–water partition coefficient (Wildman–Crippen LogP) is 3.56. The van der Waals surface area contributed by atoms with Gasteiger partial charge in [0, 0.05) is 23.0 Å². The van der Waals surface area contributed by atoms with Crippen LogP contribution in [-0.4, -0.2) is 11.7 Å². The van der Waals surface area contributed by atoms with Gasteiger partial charge in [0.2, 0.25) is 0 Å². The van der Waals surface area contributed by atoms with Crippen molar-refractivity contribution in [3.63, 3.8) is 0 Å². The maximum atomic E-state index is 13.9. The quantitative estimate of drug-likeness (QED) is 0.905. The molecule has 2 aromatic carbocycles. The summed E-state index contributed by atoms with van der Waals surface area (Å²) >= 11 is 6.01. The Morgan fingerprint density at radius 2 is 1.90 bits per heavy atom. The van der Waals surface area contributed by atoms with E-state index in [1.165, 1.54) is 12.1 Å². The Bertz CT molecular complexity index is 583. The molecule has 2 nitrogen and oxygen atoms in total. The van der Waals surface area contributed by atoms with Crippen molar-refractivity contribution >= 4 is 11.6 Å². The molecule has 3 N–H and O–H groups in total. The minimum absolute atomic E-state index is 0.105. The van der Waals surface area contributed by atoms with Crippen LogP contribution in [0.25, 0.3) is 0 Å². The zero-order chi connectivity index (χ0) is 14.7. The van der Waals surface area contributed by atoms with Crippen LogP contribution in [0.4, 0.5) is 4.39 Å². The summed E-state index contributed by atoms with van der Waals surface area (Å²) in [5, 5.41) is 10.7. The Balaban J connectivity index is 2.45. The van der Waals surface area contributed by atoms with Gasteiger partial charge in [-0.15, -0.1) is 0 Å². The number of hydrogen-bond donors (Lipinski definition) is 2. The molecular weight excluding hydrogens is 277 g/mol. The lowest BCUT2D eigenvalue weighted by Gasteiger charge is -2.24. The highest BCUT2D eigenvalue weighted by Crippen LogP contribution is 2.36. The number of aliphatic hydroxyl groups excluding tert-OH is 1. The molecule has 0 spiro atoms. The molecular formula is C16H17ClFNO. The Morgan fingerprint density at radius 3 is 2.50 bits per heavy atom. The van der Waals surface area contributed by atoms with Gasteiger partial charge in [-0.25, -0.2) is 4.39 Å². The minimum Gasteiger partial charge on any atom is -0.388 e. The summed E-state index contributed by atoms with van der Waals surface area (Å²) in [6.45, 7) is 2.14. The lowest BCUT2D eigenvalue weighted by molar-refractivity contribution is 0.143. The second kappa shape index (κ2) is 6.35. The lowest BCUT2D eigenvalue weighted by Crippen LogP contribution is -2.22. The van der Waals surface area contributed by atoms with Gasteiger partial charge in [0.15, 0.2) is 0 Å². The van der Waals surface area contributed by atoms with Crippen molar-refractivity contribution in [1.82, 2.24) is 0 Å². The standard InChI is InChI=1S/C16H17ClFNO/c1-10-5-2-3-6-11(10)12(9-19)16(20)15-13(17)7-4-8-14(15)18/h2-8,12,16,20H,9,19H2,1H3. The van der Waals surface area contributed by atoms with Crippen LogP contribution >= 0.6 is 11.6 Å². The van der Waals surface area contributed by atoms with E-state index < -0.39 is 17.8 Å². The van der Waals surface area contributed by atoms with Crippen molar-refractivity contribution in [2.75, 3.05) is 6.54 Å². The van der Waals surface area contributed by atoms with Crippen molar-refractivity contribution in [3.8, 4) is 0 Å². The van der Waals surface area contributed by atoms with Crippen molar-refractivity contribution in [2.45, 2.75) is 18.9 Å². The Kier molecular flexibility index (Phi) is 4.76. The zero-order valence-electron chi connectivity index (χ0n) is 11.2. The molecule has 4 heteroatoms. The fourth-order valence-corrected chi connectivity index (χ4v) is 2.70. The van der Waals surface area contributed by atoms with E-state index in [9.17, 15) is 9.50 Å². The lowest BCUT2D eigenvalue weighted by atomic mass is 9.86. The molecule has 106 valence electrons. The molecule has 0 amide bonds. The van der Waals surface area contributed by atoms with E-state index in [1.54, 1.807) is 6.07 Å². The fraction of sp³-hybridized carbons (Fsp3) is 0.250. The van der Waals surface area contributed by atoms with Gasteiger partial charge in [-0.05, 0) is 30.2 Å². The van der Waals surface area contributed by atoms with E-state index in [0.717, 1.165) is 11.1 Å². The monoisotopic (exact) mass is 293 g/mol. The molecule has 2 atom stereocenters. The Morgan fingerprint density at radius 1 is 1.20 bits per heavy atom. The van der Waals surface area contributed by atoms with Gasteiger partial charge in [-0.1, -0.05) is 41.9 Å². The van der Waals surface area contributed by atoms with Gasteiger partial charge in [0.05, 0.1) is 6.10 Å². The smallest absolute Gasteiger partial charge is 0.130 e. The molecule has 2 aromatic rings. The highest BCUT2D eigenvalue weighted by Gasteiger charge is 2.26. The minimum atomic E-state index is -1.07. The molecule has 0 aromatic heterocycles. The number of rotatable bonds is 4. The number of hydrogen-bond acceptors (Lipinski definition) is 2. The number of halogens is 2. The first-order valence-corrected chi connectivity index (χ1v) is 6.81. The second-order valence-corrected chi connectivity index (χ2v) is 5.19. The summed E-state index contributed by atoms with van der Waals surface area (Å²) in [7, 11) is 0. The Labute approximate surface area is 123 Å². The molecule has 2 unspecified atom stereocenters. The third kappa shape index (κ3) is 2.85. The number of aryl methyl sites for hydroxylation is 1. The van der Waals surface area contributed by atoms with Crippen LogP contribution in [0, 0.1) is 12.7 Å². The molecule has 0 aliphatic carbocycles. The van der Waals surface area contributed by atoms with Crippen LogP contribution in [0.5, 0.6) is 0 Å². The highest BCUT2D eigenvalue weighted by atomic mass is 35.5. The van der Waals surface area contributed by atoms with Crippen LogP contribution in [0.15, 0.2) is 42.5 Å². The van der Waals surface area contributed by atoms with Gasteiger partial charge in [0.1, 0.15) is 5.82 Å². The van der Waals surface area contributed by atoms with E-state index in [4.69, 9.17) is 17.3 Å². The summed E-state index contributed by atoms with van der Waals surface area (Å²) in [5.74, 6) is -0.914. The number of nitrogens with two attached hydrogens (primary N) is 1. The molecule has 0 heterocycles.